The van der Waals surface area contributed by atoms with Crippen LogP contribution < -0.4 is 15.5 Å². The summed E-state index contributed by atoms with van der Waals surface area (Å²) < 4.78 is 5.11. The largest absolute Gasteiger partial charge is 0.507 e. The van der Waals surface area contributed by atoms with Crippen LogP contribution in [-0.4, -0.2) is 30.2 Å². The van der Waals surface area contributed by atoms with Crippen molar-refractivity contribution in [1.82, 2.24) is 5.43 Å². The summed E-state index contributed by atoms with van der Waals surface area (Å²) in [6.45, 7) is 0. The molecule has 2 aromatic rings. The predicted octanol–water partition coefficient (Wildman–Crippen LogP) is 1.88. The number of phenolic OH excluding ortho intramolecular Hbond substituents is 1. The molecule has 0 aliphatic heterocycles. The van der Waals surface area contributed by atoms with Gasteiger partial charge in [0.05, 0.1) is 19.0 Å². The first kappa shape index (κ1) is 17.0. The van der Waals surface area contributed by atoms with Gasteiger partial charge in [-0.15, -0.1) is 0 Å². The van der Waals surface area contributed by atoms with Gasteiger partial charge in [-0.3, -0.25) is 9.59 Å². The number of benzene rings is 2. The molecule has 3 N–H and O–H groups in total. The Morgan fingerprint density at radius 1 is 1.12 bits per heavy atom. The minimum absolute atomic E-state index is 0.0458. The van der Waals surface area contributed by atoms with E-state index in [1.807, 2.05) is 0 Å². The summed E-state index contributed by atoms with van der Waals surface area (Å²) in [6.07, 6.45) is 0.904. The number of anilines is 1. The molecule has 124 valence electrons. The van der Waals surface area contributed by atoms with Crippen molar-refractivity contribution in [3.8, 4) is 11.5 Å². The highest BCUT2D eigenvalue weighted by atomic mass is 16.5. The van der Waals surface area contributed by atoms with Crippen LogP contribution in [0, 0.1) is 0 Å². The second-order valence-electron chi connectivity index (χ2n) is 4.78. The Morgan fingerprint density at radius 3 is 2.58 bits per heavy atom. The SMILES string of the molecule is COc1ccccc1NC(=O)CC(=O)NN=Cc1ccccc1O. The molecular weight excluding hydrogens is 310 g/mol. The molecule has 2 amide bonds. The van der Waals surface area contributed by atoms with Gasteiger partial charge in [-0.05, 0) is 24.3 Å². The monoisotopic (exact) mass is 327 g/mol. The van der Waals surface area contributed by atoms with E-state index in [0.29, 0.717) is 17.0 Å². The molecule has 2 aromatic carbocycles. The molecule has 0 heterocycles. The van der Waals surface area contributed by atoms with Crippen LogP contribution >= 0.6 is 0 Å². The second kappa shape index (κ2) is 8.33. The summed E-state index contributed by atoms with van der Waals surface area (Å²) in [4.78, 5) is 23.6. The lowest BCUT2D eigenvalue weighted by Crippen LogP contribution is -2.24. The van der Waals surface area contributed by atoms with E-state index in [9.17, 15) is 14.7 Å². The molecular formula is C17H17N3O4. The van der Waals surface area contributed by atoms with Crippen LogP contribution in [0.1, 0.15) is 12.0 Å². The first-order valence-corrected chi connectivity index (χ1v) is 7.13. The van der Waals surface area contributed by atoms with Gasteiger partial charge >= 0.3 is 0 Å². The maximum atomic E-state index is 11.9. The number of carbonyl (C=O) groups excluding carboxylic acids is 2. The molecule has 0 aliphatic carbocycles. The van der Waals surface area contributed by atoms with E-state index in [-0.39, 0.29) is 5.75 Å². The highest BCUT2D eigenvalue weighted by molar-refractivity contribution is 6.04. The minimum atomic E-state index is -0.575. The van der Waals surface area contributed by atoms with Gasteiger partial charge in [-0.25, -0.2) is 5.43 Å². The van der Waals surface area contributed by atoms with Gasteiger partial charge < -0.3 is 15.2 Å². The summed E-state index contributed by atoms with van der Waals surface area (Å²) >= 11 is 0. The lowest BCUT2D eigenvalue weighted by molar-refractivity contribution is -0.126. The fraction of sp³-hybridized carbons (Fsp3) is 0.118. The number of carbonyl (C=O) groups is 2. The van der Waals surface area contributed by atoms with Crippen molar-refractivity contribution < 1.29 is 19.4 Å². The number of rotatable bonds is 6. The fourth-order valence-electron chi connectivity index (χ4n) is 1.90. The zero-order chi connectivity index (χ0) is 17.4. The zero-order valence-corrected chi connectivity index (χ0v) is 13.0. The maximum absolute atomic E-state index is 11.9. The molecule has 0 aromatic heterocycles. The van der Waals surface area contributed by atoms with E-state index in [4.69, 9.17) is 4.74 Å². The van der Waals surface area contributed by atoms with Crippen molar-refractivity contribution in [2.45, 2.75) is 6.42 Å². The number of para-hydroxylation sites is 3. The summed E-state index contributed by atoms with van der Waals surface area (Å²) in [7, 11) is 1.49. The average molecular weight is 327 g/mol. The highest BCUT2D eigenvalue weighted by Crippen LogP contribution is 2.22. The van der Waals surface area contributed by atoms with Crippen molar-refractivity contribution >= 4 is 23.7 Å². The summed E-state index contributed by atoms with van der Waals surface area (Å²) in [6, 6.07) is 13.4. The Morgan fingerprint density at radius 2 is 1.83 bits per heavy atom. The normalized spacial score (nSPS) is 10.4. The number of amides is 2. The Labute approximate surface area is 139 Å². The van der Waals surface area contributed by atoms with Gasteiger partial charge in [0, 0.05) is 5.56 Å². The average Bonchev–Trinajstić information content (AvgIpc) is 2.57. The van der Waals surface area contributed by atoms with Gasteiger partial charge in [0.1, 0.15) is 17.9 Å². The van der Waals surface area contributed by atoms with E-state index in [1.165, 1.54) is 19.4 Å². The highest BCUT2D eigenvalue weighted by Gasteiger charge is 2.11. The number of phenols is 1. The molecule has 0 spiro atoms. The van der Waals surface area contributed by atoms with Gasteiger partial charge in [0.15, 0.2) is 0 Å². The predicted molar refractivity (Wildman–Crippen MR) is 90.1 cm³/mol. The molecule has 0 saturated carbocycles. The molecule has 0 atom stereocenters. The topological polar surface area (TPSA) is 100 Å². The molecule has 0 fully saturated rings. The second-order valence-corrected chi connectivity index (χ2v) is 4.78. The van der Waals surface area contributed by atoms with Crippen molar-refractivity contribution in [2.75, 3.05) is 12.4 Å². The molecule has 7 heteroatoms. The van der Waals surface area contributed by atoms with Crippen LogP contribution in [-0.2, 0) is 9.59 Å². The Balaban J connectivity index is 1.86. The van der Waals surface area contributed by atoms with Crippen LogP contribution in [0.5, 0.6) is 11.5 Å². The third kappa shape index (κ3) is 4.84. The molecule has 0 aliphatic rings. The van der Waals surface area contributed by atoms with Crippen LogP contribution in [0.2, 0.25) is 0 Å². The number of ether oxygens (including phenoxy) is 1. The first-order chi connectivity index (χ1) is 11.6. The number of hydrogen-bond donors (Lipinski definition) is 3. The van der Waals surface area contributed by atoms with Gasteiger partial charge in [-0.2, -0.15) is 5.10 Å². The van der Waals surface area contributed by atoms with E-state index in [1.54, 1.807) is 42.5 Å². The Bertz CT molecular complexity index is 759. The molecule has 0 saturated heterocycles. The maximum Gasteiger partial charge on any atom is 0.249 e. The lowest BCUT2D eigenvalue weighted by atomic mass is 10.2. The van der Waals surface area contributed by atoms with Crippen LogP contribution in [0.15, 0.2) is 53.6 Å². The van der Waals surface area contributed by atoms with Gasteiger partial charge in [0.25, 0.3) is 0 Å². The summed E-state index contributed by atoms with van der Waals surface area (Å²) in [5, 5.41) is 15.9. The third-order valence-corrected chi connectivity index (χ3v) is 3.03. The van der Waals surface area contributed by atoms with Crippen molar-refractivity contribution in [3.05, 3.63) is 54.1 Å². The van der Waals surface area contributed by atoms with E-state index < -0.39 is 18.2 Å². The van der Waals surface area contributed by atoms with Crippen molar-refractivity contribution in [1.29, 1.82) is 0 Å². The van der Waals surface area contributed by atoms with Crippen molar-refractivity contribution in [3.63, 3.8) is 0 Å². The van der Waals surface area contributed by atoms with Gasteiger partial charge in [-0.1, -0.05) is 24.3 Å². The zero-order valence-electron chi connectivity index (χ0n) is 13.0. The number of nitrogens with zero attached hydrogens (tertiary/aromatic N) is 1. The molecule has 0 unspecified atom stereocenters. The summed E-state index contributed by atoms with van der Waals surface area (Å²) in [5.74, 6) is -0.517. The smallest absolute Gasteiger partial charge is 0.249 e. The first-order valence-electron chi connectivity index (χ1n) is 7.13. The molecule has 0 radical (unpaired) electrons. The van der Waals surface area contributed by atoms with Crippen molar-refractivity contribution in [2.24, 2.45) is 5.10 Å². The van der Waals surface area contributed by atoms with E-state index in [0.717, 1.165) is 0 Å². The standard InChI is InChI=1S/C17H17N3O4/c1-24-15-9-5-3-7-13(15)19-16(22)10-17(23)20-18-11-12-6-2-4-8-14(12)21/h2-9,11,21H,10H2,1H3,(H,19,22)(H,20,23). The summed E-state index contributed by atoms with van der Waals surface area (Å²) in [5.41, 5.74) is 3.17. The Hall–Kier alpha value is -3.35. The number of aromatic hydroxyl groups is 1. The third-order valence-electron chi connectivity index (χ3n) is 3.03. The van der Waals surface area contributed by atoms with Crippen LogP contribution in [0.4, 0.5) is 5.69 Å². The molecule has 2 rings (SSSR count). The van der Waals surface area contributed by atoms with E-state index >= 15 is 0 Å². The number of methoxy groups -OCH3 is 1. The number of nitrogens with one attached hydrogen (secondary N) is 2. The molecule has 0 bridgehead atoms. The number of hydrazone groups is 1. The van der Waals surface area contributed by atoms with Crippen LogP contribution in [0.3, 0.4) is 0 Å². The minimum Gasteiger partial charge on any atom is -0.507 e. The lowest BCUT2D eigenvalue weighted by Gasteiger charge is -2.09. The molecule has 7 nitrogen and oxygen atoms in total. The fourth-order valence-corrected chi connectivity index (χ4v) is 1.90. The van der Waals surface area contributed by atoms with Gasteiger partial charge in [0.2, 0.25) is 11.8 Å². The van der Waals surface area contributed by atoms with Crippen LogP contribution in [0.25, 0.3) is 0 Å². The quantitative estimate of drug-likeness (QED) is 0.428. The van der Waals surface area contributed by atoms with E-state index in [2.05, 4.69) is 15.8 Å². The Kier molecular flexibility index (Phi) is 5.90. The molecule has 24 heavy (non-hydrogen) atoms. The number of hydrogen-bond acceptors (Lipinski definition) is 5.